The first-order valence-corrected chi connectivity index (χ1v) is 8.63. The first-order valence-electron chi connectivity index (χ1n) is 8.63. The lowest BCUT2D eigenvalue weighted by Gasteiger charge is -2.07. The maximum atomic E-state index is 12.1. The smallest absolute Gasteiger partial charge is 0.269 e. The Labute approximate surface area is 160 Å². The van der Waals surface area contributed by atoms with Crippen LogP contribution in [0.2, 0.25) is 0 Å². The van der Waals surface area contributed by atoms with Crippen molar-refractivity contribution in [3.8, 4) is 11.4 Å². The third-order valence-electron chi connectivity index (χ3n) is 4.22. The first-order chi connectivity index (χ1) is 13.5. The monoisotopic (exact) mass is 374 g/mol. The molecule has 0 radical (unpaired) electrons. The molecule has 8 heteroatoms. The van der Waals surface area contributed by atoms with E-state index in [0.29, 0.717) is 23.0 Å². The highest BCUT2D eigenvalue weighted by Crippen LogP contribution is 2.23. The van der Waals surface area contributed by atoms with Crippen molar-refractivity contribution in [3.63, 3.8) is 0 Å². The van der Waals surface area contributed by atoms with Crippen molar-refractivity contribution >= 4 is 28.4 Å². The van der Waals surface area contributed by atoms with Gasteiger partial charge < -0.3 is 20.2 Å². The van der Waals surface area contributed by atoms with Crippen LogP contribution in [-0.2, 0) is 0 Å². The van der Waals surface area contributed by atoms with Crippen molar-refractivity contribution in [2.75, 3.05) is 19.4 Å². The largest absolute Gasteiger partial charge is 0.360 e. The van der Waals surface area contributed by atoms with E-state index in [4.69, 9.17) is 0 Å². The SMILES string of the molecule is CN(C)C(=O)c1cc2cc(Nc3nccc(-c4cc(=O)cc[nH]4)n3)ccc2[nH]1. The quantitative estimate of drug-likeness (QED) is 0.509. The number of nitrogens with one attached hydrogen (secondary N) is 3. The van der Waals surface area contributed by atoms with Gasteiger partial charge in [0.15, 0.2) is 5.43 Å². The maximum Gasteiger partial charge on any atom is 0.269 e. The molecule has 1 aromatic carbocycles. The number of fused-ring (bicyclic) bond motifs is 1. The summed E-state index contributed by atoms with van der Waals surface area (Å²) in [5.74, 6) is 0.320. The summed E-state index contributed by atoms with van der Waals surface area (Å²) in [4.78, 5) is 40.0. The van der Waals surface area contributed by atoms with E-state index < -0.39 is 0 Å². The molecule has 0 saturated heterocycles. The van der Waals surface area contributed by atoms with E-state index in [2.05, 4.69) is 25.3 Å². The van der Waals surface area contributed by atoms with Crippen LogP contribution in [0.5, 0.6) is 0 Å². The molecule has 0 unspecified atom stereocenters. The summed E-state index contributed by atoms with van der Waals surface area (Å²) in [6.45, 7) is 0. The molecule has 1 amide bonds. The molecule has 3 heterocycles. The van der Waals surface area contributed by atoms with E-state index in [1.54, 1.807) is 32.6 Å². The lowest BCUT2D eigenvalue weighted by atomic mass is 10.2. The summed E-state index contributed by atoms with van der Waals surface area (Å²) in [5, 5.41) is 4.06. The molecule has 4 aromatic rings. The second-order valence-corrected chi connectivity index (χ2v) is 6.51. The highest BCUT2D eigenvalue weighted by molar-refractivity contribution is 5.98. The molecule has 0 spiro atoms. The van der Waals surface area contributed by atoms with Crippen LogP contribution in [0.4, 0.5) is 11.6 Å². The van der Waals surface area contributed by atoms with E-state index >= 15 is 0 Å². The maximum absolute atomic E-state index is 12.1. The van der Waals surface area contributed by atoms with Crippen LogP contribution in [0.15, 0.2) is 59.7 Å². The number of pyridine rings is 1. The summed E-state index contributed by atoms with van der Waals surface area (Å²) in [6.07, 6.45) is 3.21. The number of rotatable bonds is 4. The van der Waals surface area contributed by atoms with Gasteiger partial charge >= 0.3 is 0 Å². The number of carbonyl (C=O) groups excluding carboxylic acids is 1. The van der Waals surface area contributed by atoms with E-state index in [0.717, 1.165) is 16.6 Å². The average Bonchev–Trinajstić information content (AvgIpc) is 3.11. The first kappa shape index (κ1) is 17.5. The molecule has 8 nitrogen and oxygen atoms in total. The second kappa shape index (κ2) is 6.99. The number of nitrogens with zero attached hydrogens (tertiary/aromatic N) is 3. The van der Waals surface area contributed by atoms with E-state index in [1.807, 2.05) is 24.3 Å². The average molecular weight is 374 g/mol. The lowest BCUT2D eigenvalue weighted by Crippen LogP contribution is -2.21. The number of anilines is 2. The molecule has 3 aromatic heterocycles. The Kier molecular flexibility index (Phi) is 4.36. The Bertz CT molecular complexity index is 1220. The Hall–Kier alpha value is -3.94. The molecule has 28 heavy (non-hydrogen) atoms. The Morgan fingerprint density at radius 2 is 1.96 bits per heavy atom. The summed E-state index contributed by atoms with van der Waals surface area (Å²) >= 11 is 0. The van der Waals surface area contributed by atoms with Crippen LogP contribution in [0, 0.1) is 0 Å². The summed E-state index contributed by atoms with van der Waals surface area (Å²) < 4.78 is 0. The van der Waals surface area contributed by atoms with Gasteiger partial charge in [0.1, 0.15) is 5.69 Å². The molecule has 0 bridgehead atoms. The predicted molar refractivity (Wildman–Crippen MR) is 108 cm³/mol. The zero-order chi connectivity index (χ0) is 19.7. The van der Waals surface area contributed by atoms with Crippen LogP contribution < -0.4 is 10.7 Å². The Morgan fingerprint density at radius 3 is 2.75 bits per heavy atom. The molecule has 0 saturated carbocycles. The van der Waals surface area contributed by atoms with Crippen LogP contribution >= 0.6 is 0 Å². The van der Waals surface area contributed by atoms with Crippen molar-refractivity contribution in [1.82, 2.24) is 24.8 Å². The van der Waals surface area contributed by atoms with Crippen LogP contribution in [0.25, 0.3) is 22.3 Å². The Balaban J connectivity index is 1.62. The zero-order valence-corrected chi connectivity index (χ0v) is 15.4. The fraction of sp³-hybridized carbons (Fsp3) is 0.100. The summed E-state index contributed by atoms with van der Waals surface area (Å²) in [6, 6.07) is 12.2. The molecular formula is C20H18N6O2. The minimum absolute atomic E-state index is 0.0846. The number of aromatic amines is 2. The van der Waals surface area contributed by atoms with E-state index in [1.165, 1.54) is 17.0 Å². The zero-order valence-electron chi connectivity index (χ0n) is 15.4. The van der Waals surface area contributed by atoms with Gasteiger partial charge in [-0.2, -0.15) is 0 Å². The van der Waals surface area contributed by atoms with Gasteiger partial charge in [-0.15, -0.1) is 0 Å². The molecule has 4 rings (SSSR count). The van der Waals surface area contributed by atoms with Crippen molar-refractivity contribution in [1.29, 1.82) is 0 Å². The van der Waals surface area contributed by atoms with Gasteiger partial charge in [0.2, 0.25) is 5.95 Å². The normalized spacial score (nSPS) is 10.8. The number of H-pyrrole nitrogens is 2. The van der Waals surface area contributed by atoms with Gasteiger partial charge in [-0.3, -0.25) is 9.59 Å². The van der Waals surface area contributed by atoms with Crippen molar-refractivity contribution in [3.05, 3.63) is 70.8 Å². The topological polar surface area (TPSA) is 107 Å². The van der Waals surface area contributed by atoms with Gasteiger partial charge in [-0.25, -0.2) is 9.97 Å². The van der Waals surface area contributed by atoms with Crippen molar-refractivity contribution in [2.24, 2.45) is 0 Å². The van der Waals surface area contributed by atoms with Crippen LogP contribution in [0.1, 0.15) is 10.5 Å². The summed E-state index contributed by atoms with van der Waals surface area (Å²) in [5.41, 5.74) is 3.32. The predicted octanol–water partition coefficient (Wildman–Crippen LogP) is 2.76. The number of carbonyl (C=O) groups is 1. The molecule has 0 fully saturated rings. The fourth-order valence-corrected chi connectivity index (χ4v) is 2.86. The minimum Gasteiger partial charge on any atom is -0.360 e. The standard InChI is InChI=1S/C20H18N6O2/c1-26(2)19(28)18-10-12-9-13(3-4-15(12)24-18)23-20-22-8-6-16(25-20)17-11-14(27)5-7-21-17/h3-11,24H,1-2H3,(H,21,27)(H,22,23,25). The van der Waals surface area contributed by atoms with Gasteiger partial charge in [0.25, 0.3) is 5.91 Å². The number of hydrogen-bond acceptors (Lipinski definition) is 5. The van der Waals surface area contributed by atoms with Crippen molar-refractivity contribution in [2.45, 2.75) is 0 Å². The van der Waals surface area contributed by atoms with Crippen molar-refractivity contribution < 1.29 is 4.79 Å². The number of benzene rings is 1. The van der Waals surface area contributed by atoms with Gasteiger partial charge in [-0.1, -0.05) is 0 Å². The van der Waals surface area contributed by atoms with Gasteiger partial charge in [-0.05, 0) is 30.3 Å². The minimum atomic E-state index is -0.0946. The number of aromatic nitrogens is 4. The highest BCUT2D eigenvalue weighted by atomic mass is 16.2. The molecule has 0 aliphatic carbocycles. The van der Waals surface area contributed by atoms with E-state index in [9.17, 15) is 9.59 Å². The van der Waals surface area contributed by atoms with Gasteiger partial charge in [0.05, 0.1) is 11.4 Å². The number of amides is 1. The molecule has 140 valence electrons. The lowest BCUT2D eigenvalue weighted by molar-refractivity contribution is 0.0823. The van der Waals surface area contributed by atoms with E-state index in [-0.39, 0.29) is 11.3 Å². The highest BCUT2D eigenvalue weighted by Gasteiger charge is 2.12. The summed E-state index contributed by atoms with van der Waals surface area (Å²) in [7, 11) is 3.43. The molecule has 3 N–H and O–H groups in total. The second-order valence-electron chi connectivity index (χ2n) is 6.51. The molecule has 0 atom stereocenters. The fourth-order valence-electron chi connectivity index (χ4n) is 2.86. The molecule has 0 aliphatic rings. The third-order valence-corrected chi connectivity index (χ3v) is 4.22. The van der Waals surface area contributed by atoms with Crippen LogP contribution in [-0.4, -0.2) is 44.8 Å². The molecular weight excluding hydrogens is 356 g/mol. The van der Waals surface area contributed by atoms with Crippen LogP contribution in [0.3, 0.4) is 0 Å². The van der Waals surface area contributed by atoms with Gasteiger partial charge in [0, 0.05) is 55.2 Å². The Morgan fingerprint density at radius 1 is 1.11 bits per heavy atom. The molecule has 0 aliphatic heterocycles. The number of hydrogen-bond donors (Lipinski definition) is 3. The third kappa shape index (κ3) is 3.48.